The molecule has 0 bridgehead atoms. The highest BCUT2D eigenvalue weighted by molar-refractivity contribution is 7.89. The number of carbonyl (C=O) groups excluding carboxylic acids is 3. The van der Waals surface area contributed by atoms with Gasteiger partial charge in [-0.2, -0.15) is 0 Å². The molecule has 0 spiro atoms. The zero-order chi connectivity index (χ0) is 49.2. The molecule has 356 valence electrons. The van der Waals surface area contributed by atoms with Gasteiger partial charge in [0.25, 0.3) is 0 Å². The quantitative estimate of drug-likeness (QED) is 0.0666. The fourth-order valence-electron chi connectivity index (χ4n) is 5.21. The van der Waals surface area contributed by atoms with E-state index in [9.17, 15) is 44.8 Å². The third kappa shape index (κ3) is 20.5. The zero-order valence-electron chi connectivity index (χ0n) is 37.4. The fraction of sp³-hybridized carbons (Fsp3) is 0.364. The molecular weight excluding hydrogens is 891 g/mol. The Labute approximate surface area is 379 Å². The number of amides is 3. The number of nitrogens with two attached hydrogens (primary N) is 1. The van der Waals surface area contributed by atoms with Gasteiger partial charge in [0.2, 0.25) is 26.0 Å². The van der Waals surface area contributed by atoms with E-state index in [1.165, 1.54) is 18.2 Å². The van der Waals surface area contributed by atoms with Gasteiger partial charge in [-0.3, -0.25) is 4.79 Å². The zero-order valence-corrected chi connectivity index (χ0v) is 39.0. The van der Waals surface area contributed by atoms with Gasteiger partial charge in [-0.05, 0) is 89.1 Å². The van der Waals surface area contributed by atoms with Crippen molar-refractivity contribution in [2.24, 2.45) is 0 Å². The number of anilines is 2. The second-order valence-electron chi connectivity index (χ2n) is 15.9. The third-order valence-corrected chi connectivity index (χ3v) is 11.1. The standard InChI is InChI=1S/C22H28FN3O5S.C14H19NO4.C8H11FN2O2S/c1-5-24-32(29,30)16-11-12-18(17(23)14-16)25-20(27)19(13-15-9-7-6-8-10-15)26-21(28)31-22(2,3)4;1-14(2,3)19-13(18)15-11(12(16)17)9-10-7-5-4-6-8-10;1-2-11-14(12,13)6-3-4-8(10)7(9)5-6/h6-12,14,19,24H,5,13H2,1-4H3,(H,25,27)(H,26,28);4-8,11H,9H2,1-3H3,(H,15,18)(H,16,17);3-5,11H,2,10H2,1H3/t19-;11-;/m00./s1. The van der Waals surface area contributed by atoms with Crippen molar-refractivity contribution in [1.82, 2.24) is 20.1 Å². The van der Waals surface area contributed by atoms with Crippen LogP contribution in [0.3, 0.4) is 0 Å². The number of sulfonamides is 2. The fourth-order valence-corrected chi connectivity index (χ4v) is 7.32. The van der Waals surface area contributed by atoms with E-state index in [0.717, 1.165) is 29.3 Å². The van der Waals surface area contributed by atoms with Crippen LogP contribution < -0.4 is 31.1 Å². The predicted octanol–water partition coefficient (Wildman–Crippen LogP) is 6.11. The minimum Gasteiger partial charge on any atom is -0.480 e. The lowest BCUT2D eigenvalue weighted by Crippen LogP contribution is -2.47. The van der Waals surface area contributed by atoms with Crippen LogP contribution in [0.1, 0.15) is 66.5 Å². The first-order valence-electron chi connectivity index (χ1n) is 20.1. The molecule has 4 aromatic carbocycles. The van der Waals surface area contributed by atoms with Crippen LogP contribution in [0.25, 0.3) is 0 Å². The van der Waals surface area contributed by atoms with Gasteiger partial charge in [-0.15, -0.1) is 0 Å². The summed E-state index contributed by atoms with van der Waals surface area (Å²) in [6, 6.07) is 22.6. The Bertz CT molecular complexity index is 2430. The van der Waals surface area contributed by atoms with Crippen molar-refractivity contribution in [1.29, 1.82) is 0 Å². The van der Waals surface area contributed by atoms with Crippen molar-refractivity contribution >= 4 is 55.5 Å². The van der Waals surface area contributed by atoms with Gasteiger partial charge in [0.05, 0.1) is 21.2 Å². The Balaban J connectivity index is 0.000000371. The van der Waals surface area contributed by atoms with E-state index < -0.39 is 79.0 Å². The maximum absolute atomic E-state index is 14.5. The molecule has 0 saturated carbocycles. The largest absolute Gasteiger partial charge is 0.480 e. The molecular formula is C44H58F2N6O11S2. The summed E-state index contributed by atoms with van der Waals surface area (Å²) >= 11 is 0. The maximum atomic E-state index is 14.5. The molecule has 17 nitrogen and oxygen atoms in total. The number of ether oxygens (including phenoxy) is 2. The highest BCUT2D eigenvalue weighted by atomic mass is 32.2. The van der Waals surface area contributed by atoms with Crippen LogP contribution in [0.5, 0.6) is 0 Å². The van der Waals surface area contributed by atoms with E-state index >= 15 is 0 Å². The molecule has 4 aromatic rings. The topological polar surface area (TPSA) is 261 Å². The van der Waals surface area contributed by atoms with Gasteiger partial charge < -0.3 is 36.3 Å². The lowest BCUT2D eigenvalue weighted by Gasteiger charge is -2.23. The lowest BCUT2D eigenvalue weighted by atomic mass is 10.1. The summed E-state index contributed by atoms with van der Waals surface area (Å²) in [5.74, 6) is -3.42. The number of carboxylic acid groups (broad SMARTS) is 1. The number of carboxylic acids is 1. The number of aliphatic carboxylic acids is 1. The van der Waals surface area contributed by atoms with Gasteiger partial charge in [-0.1, -0.05) is 74.5 Å². The molecule has 21 heteroatoms. The molecule has 0 aliphatic rings. The Morgan fingerprint density at radius 2 is 1.03 bits per heavy atom. The molecule has 0 heterocycles. The van der Waals surface area contributed by atoms with Crippen LogP contribution in [0, 0.1) is 11.6 Å². The van der Waals surface area contributed by atoms with Gasteiger partial charge >= 0.3 is 18.2 Å². The smallest absolute Gasteiger partial charge is 0.408 e. The van der Waals surface area contributed by atoms with Crippen molar-refractivity contribution < 1.29 is 59.4 Å². The van der Waals surface area contributed by atoms with Gasteiger partial charge in [0.1, 0.15) is 34.9 Å². The number of nitrogens with one attached hydrogen (secondary N) is 5. The van der Waals surface area contributed by atoms with E-state index in [1.54, 1.807) is 79.7 Å². The van der Waals surface area contributed by atoms with Crippen LogP contribution >= 0.6 is 0 Å². The minimum absolute atomic E-state index is 0.0690. The van der Waals surface area contributed by atoms with Crippen molar-refractivity contribution in [3.8, 4) is 0 Å². The first-order chi connectivity index (χ1) is 30.2. The summed E-state index contributed by atoms with van der Waals surface area (Å²) in [4.78, 5) is 47.4. The molecule has 0 aliphatic carbocycles. The van der Waals surface area contributed by atoms with Crippen LogP contribution in [0.15, 0.2) is 107 Å². The Kier molecular flexibility index (Phi) is 21.0. The SMILES string of the molecule is CC(C)(C)OC(=O)N[C@@H](Cc1ccccc1)C(=O)O.CCNS(=O)(=O)c1ccc(N)c(F)c1.CCNS(=O)(=O)c1ccc(NC(=O)[C@H](Cc2ccccc2)NC(=O)OC(C)(C)C)c(F)c1. The molecule has 8 N–H and O–H groups in total. The summed E-state index contributed by atoms with van der Waals surface area (Å²) in [7, 11) is -7.44. The lowest BCUT2D eigenvalue weighted by molar-refractivity contribution is -0.139. The molecule has 0 radical (unpaired) electrons. The van der Waals surface area contributed by atoms with Crippen LogP contribution in [-0.2, 0) is 52.0 Å². The molecule has 3 amide bonds. The second kappa shape index (κ2) is 24.8. The van der Waals surface area contributed by atoms with Crippen molar-refractivity contribution in [3.05, 3.63) is 120 Å². The normalized spacial score (nSPS) is 12.4. The molecule has 0 aromatic heterocycles. The van der Waals surface area contributed by atoms with Gasteiger partial charge in [0.15, 0.2) is 0 Å². The number of hydrogen-bond donors (Lipinski definition) is 7. The highest BCUT2D eigenvalue weighted by Gasteiger charge is 2.27. The summed E-state index contributed by atoms with van der Waals surface area (Å²) in [6.07, 6.45) is -1.16. The van der Waals surface area contributed by atoms with Crippen molar-refractivity contribution in [2.45, 2.75) is 101 Å². The monoisotopic (exact) mass is 948 g/mol. The number of alkyl carbamates (subject to hydrolysis) is 2. The van der Waals surface area contributed by atoms with E-state index in [4.69, 9.17) is 20.3 Å². The number of halogens is 2. The molecule has 0 fully saturated rings. The number of hydrogen-bond acceptors (Lipinski definition) is 11. The van der Waals surface area contributed by atoms with Gasteiger partial charge in [-0.25, -0.2) is 49.4 Å². The third-order valence-electron chi connectivity index (χ3n) is 8.02. The van der Waals surface area contributed by atoms with Gasteiger partial charge in [0, 0.05) is 25.9 Å². The number of rotatable bonds is 15. The molecule has 65 heavy (non-hydrogen) atoms. The summed E-state index contributed by atoms with van der Waals surface area (Å²) in [6.45, 7) is 13.9. The van der Waals surface area contributed by atoms with Crippen molar-refractivity contribution in [2.75, 3.05) is 24.1 Å². The van der Waals surface area contributed by atoms with Crippen LogP contribution in [0.4, 0.5) is 29.7 Å². The van der Waals surface area contributed by atoms with E-state index in [1.807, 2.05) is 36.4 Å². The number of nitrogen functional groups attached to an aromatic ring is 1. The maximum Gasteiger partial charge on any atom is 0.408 e. The first kappa shape index (κ1) is 55.0. The molecule has 0 unspecified atom stereocenters. The van der Waals surface area contributed by atoms with E-state index in [-0.39, 0.29) is 47.1 Å². The Hall–Kier alpha value is -6.16. The first-order valence-corrected chi connectivity index (χ1v) is 23.1. The summed E-state index contributed by atoms with van der Waals surface area (Å²) < 4.78 is 89.1. The van der Waals surface area contributed by atoms with E-state index in [2.05, 4.69) is 25.4 Å². The molecule has 0 saturated heterocycles. The van der Waals surface area contributed by atoms with Crippen molar-refractivity contribution in [3.63, 3.8) is 0 Å². The van der Waals surface area contributed by atoms with Crippen LogP contribution in [0.2, 0.25) is 0 Å². The molecule has 0 aliphatic heterocycles. The van der Waals surface area contributed by atoms with E-state index in [0.29, 0.717) is 0 Å². The number of carbonyl (C=O) groups is 4. The summed E-state index contributed by atoms with van der Waals surface area (Å²) in [5.41, 5.74) is 5.13. The predicted molar refractivity (Wildman–Crippen MR) is 242 cm³/mol. The Morgan fingerprint density at radius 3 is 1.42 bits per heavy atom. The molecule has 2 atom stereocenters. The number of benzene rings is 4. The van der Waals surface area contributed by atoms with Crippen LogP contribution in [-0.4, -0.2) is 82.4 Å². The highest BCUT2D eigenvalue weighted by Crippen LogP contribution is 2.20. The average Bonchev–Trinajstić information content (AvgIpc) is 3.19. The Morgan fingerprint density at radius 1 is 0.631 bits per heavy atom. The second-order valence-corrected chi connectivity index (χ2v) is 19.5. The molecule has 4 rings (SSSR count). The summed E-state index contributed by atoms with van der Waals surface area (Å²) in [5, 5.41) is 16.4. The average molecular weight is 949 g/mol. The minimum atomic E-state index is -3.84.